The van der Waals surface area contributed by atoms with Gasteiger partial charge in [0.25, 0.3) is 0 Å². The number of nitrogens with zero attached hydrogens (tertiary/aromatic N) is 3. The number of aromatic nitrogens is 4. The minimum absolute atomic E-state index is 0.368. The molecule has 6 heteroatoms. The lowest BCUT2D eigenvalue weighted by molar-refractivity contribution is 0.483. The Labute approximate surface area is 113 Å². The number of anilines is 2. The normalized spacial score (nSPS) is 14.3. The van der Waals surface area contributed by atoms with Crippen LogP contribution in [0, 0.1) is 5.92 Å². The first-order valence-electron chi connectivity index (χ1n) is 6.79. The van der Waals surface area contributed by atoms with E-state index in [0.717, 1.165) is 23.3 Å². The van der Waals surface area contributed by atoms with Crippen LogP contribution in [0.15, 0.2) is 6.20 Å². The molecule has 2 unspecified atom stereocenters. The van der Waals surface area contributed by atoms with Crippen LogP contribution in [0.4, 0.5) is 11.8 Å². The lowest BCUT2D eigenvalue weighted by Gasteiger charge is -2.18. The summed E-state index contributed by atoms with van der Waals surface area (Å²) in [5.41, 5.74) is 0.748. The number of hydrogen-bond acceptors (Lipinski definition) is 5. The first kappa shape index (κ1) is 13.6. The van der Waals surface area contributed by atoms with Crippen molar-refractivity contribution in [3.63, 3.8) is 0 Å². The number of nitrogens with one attached hydrogen (secondary N) is 3. The Hall–Kier alpha value is -1.85. The third-order valence-corrected chi connectivity index (χ3v) is 3.37. The average Bonchev–Trinajstić information content (AvgIpc) is 2.86. The zero-order valence-electron chi connectivity index (χ0n) is 12.0. The van der Waals surface area contributed by atoms with Gasteiger partial charge in [0.1, 0.15) is 5.82 Å². The lowest BCUT2D eigenvalue weighted by atomic mass is 10.0. The molecule has 0 saturated carbocycles. The van der Waals surface area contributed by atoms with Crippen molar-refractivity contribution in [1.82, 2.24) is 20.2 Å². The minimum Gasteiger partial charge on any atom is -0.367 e. The smallest absolute Gasteiger partial charge is 0.226 e. The summed E-state index contributed by atoms with van der Waals surface area (Å²) < 4.78 is 0. The molecule has 0 saturated heterocycles. The molecule has 0 amide bonds. The predicted octanol–water partition coefficient (Wildman–Crippen LogP) is 2.63. The van der Waals surface area contributed by atoms with Gasteiger partial charge in [-0.1, -0.05) is 20.3 Å². The highest BCUT2D eigenvalue weighted by Crippen LogP contribution is 2.22. The van der Waals surface area contributed by atoms with Crippen molar-refractivity contribution in [3.05, 3.63) is 6.20 Å². The molecule has 6 nitrogen and oxygen atoms in total. The molecule has 0 spiro atoms. The topological polar surface area (TPSA) is 78.5 Å². The van der Waals surface area contributed by atoms with E-state index in [1.807, 2.05) is 7.05 Å². The molecule has 0 aliphatic carbocycles. The number of fused-ring (bicyclic) bond motifs is 1. The van der Waals surface area contributed by atoms with E-state index < -0.39 is 0 Å². The average molecular weight is 262 g/mol. The number of aromatic amines is 1. The van der Waals surface area contributed by atoms with Gasteiger partial charge in [0.2, 0.25) is 5.95 Å². The number of hydrogen-bond donors (Lipinski definition) is 3. The molecule has 104 valence electrons. The second-order valence-electron chi connectivity index (χ2n) is 5.07. The highest BCUT2D eigenvalue weighted by molar-refractivity contribution is 5.87. The summed E-state index contributed by atoms with van der Waals surface area (Å²) in [6, 6.07) is 0.368. The van der Waals surface area contributed by atoms with Gasteiger partial charge >= 0.3 is 0 Å². The van der Waals surface area contributed by atoms with Crippen molar-refractivity contribution in [3.8, 4) is 0 Å². The summed E-state index contributed by atoms with van der Waals surface area (Å²) in [5.74, 6) is 2.13. The maximum atomic E-state index is 4.47. The Morgan fingerprint density at radius 3 is 2.79 bits per heavy atom. The molecule has 2 aromatic heterocycles. The quantitative estimate of drug-likeness (QED) is 0.746. The van der Waals surface area contributed by atoms with E-state index in [0.29, 0.717) is 17.9 Å². The highest BCUT2D eigenvalue weighted by atomic mass is 15.2. The summed E-state index contributed by atoms with van der Waals surface area (Å²) in [4.78, 5) is 8.79. The Balaban J connectivity index is 2.21. The molecule has 3 N–H and O–H groups in total. The van der Waals surface area contributed by atoms with E-state index in [9.17, 15) is 0 Å². The van der Waals surface area contributed by atoms with Crippen molar-refractivity contribution in [2.24, 2.45) is 5.92 Å². The third kappa shape index (κ3) is 3.13. The molecule has 2 atom stereocenters. The van der Waals surface area contributed by atoms with E-state index in [4.69, 9.17) is 0 Å². The number of H-pyrrole nitrogens is 1. The molecule has 2 aromatic rings. The van der Waals surface area contributed by atoms with Crippen LogP contribution in [0.2, 0.25) is 0 Å². The maximum Gasteiger partial charge on any atom is 0.226 e. The maximum absolute atomic E-state index is 4.47. The van der Waals surface area contributed by atoms with Crippen LogP contribution in [0.25, 0.3) is 11.0 Å². The number of rotatable bonds is 6. The van der Waals surface area contributed by atoms with Crippen molar-refractivity contribution < 1.29 is 0 Å². The van der Waals surface area contributed by atoms with Gasteiger partial charge in [0.15, 0.2) is 5.65 Å². The lowest BCUT2D eigenvalue weighted by Crippen LogP contribution is -2.19. The Bertz CT molecular complexity index is 535. The third-order valence-electron chi connectivity index (χ3n) is 3.37. The fourth-order valence-electron chi connectivity index (χ4n) is 2.12. The van der Waals surface area contributed by atoms with Crippen molar-refractivity contribution in [2.45, 2.75) is 39.7 Å². The van der Waals surface area contributed by atoms with Crippen LogP contribution in [0.5, 0.6) is 0 Å². The van der Waals surface area contributed by atoms with Gasteiger partial charge in [-0.25, -0.2) is 0 Å². The molecule has 0 radical (unpaired) electrons. The summed E-state index contributed by atoms with van der Waals surface area (Å²) in [6.07, 6.45) is 4.07. The zero-order chi connectivity index (χ0) is 13.8. The molecule has 0 aliphatic rings. The largest absolute Gasteiger partial charge is 0.367 e. The summed E-state index contributed by atoms with van der Waals surface area (Å²) in [6.45, 7) is 6.67. The van der Waals surface area contributed by atoms with Crippen LogP contribution in [0.1, 0.15) is 33.6 Å². The second-order valence-corrected chi connectivity index (χ2v) is 5.07. The molecule has 0 bridgehead atoms. The predicted molar refractivity (Wildman–Crippen MR) is 78.4 cm³/mol. The molecule has 2 heterocycles. The zero-order valence-corrected chi connectivity index (χ0v) is 12.0. The summed E-state index contributed by atoms with van der Waals surface area (Å²) in [7, 11) is 1.81. The minimum atomic E-state index is 0.368. The van der Waals surface area contributed by atoms with Crippen LogP contribution < -0.4 is 10.6 Å². The SMILES string of the molecule is CCC(C)CC(C)Nc1nc(NC)nc2[nH]ncc12. The molecular weight excluding hydrogens is 240 g/mol. The molecule has 0 aliphatic heterocycles. The van der Waals surface area contributed by atoms with E-state index in [2.05, 4.69) is 51.6 Å². The van der Waals surface area contributed by atoms with Crippen LogP contribution in [-0.2, 0) is 0 Å². The summed E-state index contributed by atoms with van der Waals surface area (Å²) >= 11 is 0. The Morgan fingerprint density at radius 2 is 2.11 bits per heavy atom. The highest BCUT2D eigenvalue weighted by Gasteiger charge is 2.12. The standard InChI is InChI=1S/C13H22N6/c1-5-8(2)6-9(3)16-11-10-7-15-19-12(10)18-13(14-4)17-11/h7-9H,5-6H2,1-4H3,(H3,14,15,16,17,18,19). The molecular formula is C13H22N6. The van der Waals surface area contributed by atoms with Crippen molar-refractivity contribution >= 4 is 22.8 Å². The monoisotopic (exact) mass is 262 g/mol. The van der Waals surface area contributed by atoms with E-state index in [1.54, 1.807) is 6.20 Å². The van der Waals surface area contributed by atoms with Crippen LogP contribution in [-0.4, -0.2) is 33.3 Å². The van der Waals surface area contributed by atoms with Gasteiger partial charge < -0.3 is 10.6 Å². The molecule has 0 aromatic carbocycles. The van der Waals surface area contributed by atoms with E-state index in [1.165, 1.54) is 6.42 Å². The summed E-state index contributed by atoms with van der Waals surface area (Å²) in [5, 5.41) is 14.3. The van der Waals surface area contributed by atoms with Crippen LogP contribution in [0.3, 0.4) is 0 Å². The van der Waals surface area contributed by atoms with Gasteiger partial charge in [-0.05, 0) is 19.3 Å². The van der Waals surface area contributed by atoms with Crippen molar-refractivity contribution in [1.29, 1.82) is 0 Å². The molecule has 2 rings (SSSR count). The molecule has 19 heavy (non-hydrogen) atoms. The van der Waals surface area contributed by atoms with Gasteiger partial charge in [-0.15, -0.1) is 0 Å². The van der Waals surface area contributed by atoms with Crippen LogP contribution >= 0.6 is 0 Å². The van der Waals surface area contributed by atoms with E-state index >= 15 is 0 Å². The fourth-order valence-corrected chi connectivity index (χ4v) is 2.12. The van der Waals surface area contributed by atoms with Gasteiger partial charge in [-0.3, -0.25) is 5.10 Å². The van der Waals surface area contributed by atoms with Crippen molar-refractivity contribution in [2.75, 3.05) is 17.7 Å². The second kappa shape index (κ2) is 5.86. The Morgan fingerprint density at radius 1 is 1.32 bits per heavy atom. The molecule has 0 fully saturated rings. The first-order valence-corrected chi connectivity index (χ1v) is 6.79. The van der Waals surface area contributed by atoms with E-state index in [-0.39, 0.29) is 0 Å². The Kier molecular flexibility index (Phi) is 4.19. The van der Waals surface area contributed by atoms with Gasteiger partial charge in [0, 0.05) is 13.1 Å². The first-order chi connectivity index (χ1) is 9.13. The fraction of sp³-hybridized carbons (Fsp3) is 0.615. The van der Waals surface area contributed by atoms with Gasteiger partial charge in [-0.2, -0.15) is 15.1 Å². The van der Waals surface area contributed by atoms with Gasteiger partial charge in [0.05, 0.1) is 11.6 Å².